The molecule has 3 aliphatic rings. The van der Waals surface area contributed by atoms with Gasteiger partial charge in [0.25, 0.3) is 0 Å². The largest absolute Gasteiger partial charge is 0.427 e. The van der Waals surface area contributed by atoms with Gasteiger partial charge in [-0.3, -0.25) is 0 Å². The molecule has 0 aromatic rings. The molecule has 92 valence electrons. The van der Waals surface area contributed by atoms with E-state index in [0.717, 1.165) is 30.1 Å². The van der Waals surface area contributed by atoms with Gasteiger partial charge >= 0.3 is 5.97 Å². The third kappa shape index (κ3) is 1.50. The van der Waals surface area contributed by atoms with Gasteiger partial charge in [0.05, 0.1) is 5.57 Å². The second-order valence-corrected chi connectivity index (χ2v) is 6.28. The molecular formula is C15H20O2. The lowest BCUT2D eigenvalue weighted by Gasteiger charge is -2.48. The Balaban J connectivity index is 1.97. The Morgan fingerprint density at radius 2 is 2.24 bits per heavy atom. The molecule has 2 heteroatoms. The van der Waals surface area contributed by atoms with Gasteiger partial charge in [-0.25, -0.2) is 4.79 Å². The Hall–Kier alpha value is -1.05. The Labute approximate surface area is 103 Å². The first-order chi connectivity index (χ1) is 8.01. The number of allylic oxidation sites excluding steroid dienone is 1. The Morgan fingerprint density at radius 3 is 3.00 bits per heavy atom. The van der Waals surface area contributed by atoms with Crippen molar-refractivity contribution in [1.82, 2.24) is 0 Å². The number of ether oxygens (including phenoxy) is 1. The van der Waals surface area contributed by atoms with E-state index in [1.165, 1.54) is 19.3 Å². The van der Waals surface area contributed by atoms with Crippen LogP contribution in [0.5, 0.6) is 0 Å². The van der Waals surface area contributed by atoms with Crippen LogP contribution in [0.2, 0.25) is 0 Å². The molecule has 1 saturated carbocycles. The molecule has 0 amide bonds. The number of esters is 1. The summed E-state index contributed by atoms with van der Waals surface area (Å²) >= 11 is 0. The van der Waals surface area contributed by atoms with E-state index in [1.807, 2.05) is 0 Å². The van der Waals surface area contributed by atoms with E-state index in [1.54, 1.807) is 0 Å². The highest BCUT2D eigenvalue weighted by atomic mass is 16.5. The van der Waals surface area contributed by atoms with E-state index in [0.29, 0.717) is 16.9 Å². The molecule has 3 rings (SSSR count). The van der Waals surface area contributed by atoms with Crippen molar-refractivity contribution < 1.29 is 9.53 Å². The van der Waals surface area contributed by atoms with Crippen LogP contribution in [0.4, 0.5) is 0 Å². The predicted octanol–water partition coefficient (Wildman–Crippen LogP) is 3.59. The molecule has 0 saturated heterocycles. The maximum absolute atomic E-state index is 11.6. The van der Waals surface area contributed by atoms with Crippen molar-refractivity contribution in [1.29, 1.82) is 0 Å². The first-order valence-corrected chi connectivity index (χ1v) is 6.65. The standard InChI is InChI=1S/C15H20O2/c1-9-5-4-6-15(3)8-13-11(7-12(9)15)10(2)14(16)17-13/h9,12H,2,4-8H2,1,3H3. The lowest BCUT2D eigenvalue weighted by Crippen LogP contribution is -2.39. The number of carbonyl (C=O) groups excluding carboxylic acids is 1. The molecule has 2 nitrogen and oxygen atoms in total. The van der Waals surface area contributed by atoms with Crippen LogP contribution in [0, 0.1) is 17.3 Å². The molecule has 0 bridgehead atoms. The summed E-state index contributed by atoms with van der Waals surface area (Å²) < 4.78 is 5.37. The van der Waals surface area contributed by atoms with Crippen LogP contribution in [0.25, 0.3) is 0 Å². The van der Waals surface area contributed by atoms with Gasteiger partial charge in [0, 0.05) is 12.0 Å². The van der Waals surface area contributed by atoms with Crippen molar-refractivity contribution in [3.05, 3.63) is 23.5 Å². The van der Waals surface area contributed by atoms with E-state index >= 15 is 0 Å². The fourth-order valence-electron chi connectivity index (χ4n) is 4.06. The maximum atomic E-state index is 11.6. The highest BCUT2D eigenvalue weighted by molar-refractivity contribution is 5.96. The van der Waals surface area contributed by atoms with Crippen molar-refractivity contribution in [2.75, 3.05) is 0 Å². The summed E-state index contributed by atoms with van der Waals surface area (Å²) in [7, 11) is 0. The van der Waals surface area contributed by atoms with Gasteiger partial charge in [-0.15, -0.1) is 0 Å². The quantitative estimate of drug-likeness (QED) is 0.471. The zero-order chi connectivity index (χ0) is 12.2. The first-order valence-electron chi connectivity index (χ1n) is 6.65. The molecule has 3 atom stereocenters. The highest BCUT2D eigenvalue weighted by Crippen LogP contribution is 2.56. The summed E-state index contributed by atoms with van der Waals surface area (Å²) in [6, 6.07) is 0. The number of carbonyl (C=O) groups is 1. The highest BCUT2D eigenvalue weighted by Gasteiger charge is 2.48. The van der Waals surface area contributed by atoms with Gasteiger partial charge in [-0.05, 0) is 30.1 Å². The third-order valence-electron chi connectivity index (χ3n) is 5.14. The predicted molar refractivity (Wildman–Crippen MR) is 66.1 cm³/mol. The number of fused-ring (bicyclic) bond motifs is 1. The average Bonchev–Trinajstić information content (AvgIpc) is 2.52. The van der Waals surface area contributed by atoms with Crippen LogP contribution >= 0.6 is 0 Å². The minimum atomic E-state index is -0.218. The molecule has 1 heterocycles. The summed E-state index contributed by atoms with van der Waals surface area (Å²) in [6.07, 6.45) is 5.83. The van der Waals surface area contributed by atoms with E-state index in [4.69, 9.17) is 4.74 Å². The third-order valence-corrected chi connectivity index (χ3v) is 5.14. The molecule has 0 aromatic heterocycles. The topological polar surface area (TPSA) is 26.3 Å². The summed E-state index contributed by atoms with van der Waals surface area (Å²) in [5.41, 5.74) is 2.06. The summed E-state index contributed by atoms with van der Waals surface area (Å²) in [6.45, 7) is 8.59. The molecule has 0 spiro atoms. The molecule has 3 unspecified atom stereocenters. The van der Waals surface area contributed by atoms with Crippen LogP contribution in [0.3, 0.4) is 0 Å². The van der Waals surface area contributed by atoms with Crippen LogP contribution in [0.15, 0.2) is 23.5 Å². The number of hydrogen-bond acceptors (Lipinski definition) is 2. The molecule has 0 N–H and O–H groups in total. The lowest BCUT2D eigenvalue weighted by atomic mass is 9.57. The van der Waals surface area contributed by atoms with Crippen molar-refractivity contribution >= 4 is 5.97 Å². The lowest BCUT2D eigenvalue weighted by molar-refractivity contribution is -0.133. The number of hydrogen-bond donors (Lipinski definition) is 0. The Morgan fingerprint density at radius 1 is 1.47 bits per heavy atom. The summed E-state index contributed by atoms with van der Waals surface area (Å²) in [5, 5.41) is 0. The zero-order valence-electron chi connectivity index (χ0n) is 10.7. The van der Waals surface area contributed by atoms with Crippen molar-refractivity contribution in [3.63, 3.8) is 0 Å². The van der Waals surface area contributed by atoms with Crippen LogP contribution in [-0.4, -0.2) is 5.97 Å². The van der Waals surface area contributed by atoms with E-state index in [9.17, 15) is 4.79 Å². The van der Waals surface area contributed by atoms with Gasteiger partial charge < -0.3 is 4.74 Å². The second kappa shape index (κ2) is 3.47. The summed E-state index contributed by atoms with van der Waals surface area (Å²) in [5.74, 6) is 2.16. The molecular weight excluding hydrogens is 212 g/mol. The van der Waals surface area contributed by atoms with Gasteiger partial charge in [-0.1, -0.05) is 33.3 Å². The Bertz CT molecular complexity index is 432. The van der Waals surface area contributed by atoms with Crippen LogP contribution < -0.4 is 0 Å². The van der Waals surface area contributed by atoms with Crippen molar-refractivity contribution in [3.8, 4) is 0 Å². The second-order valence-electron chi connectivity index (χ2n) is 6.28. The fourth-order valence-corrected chi connectivity index (χ4v) is 4.06. The van der Waals surface area contributed by atoms with Gasteiger partial charge in [0.1, 0.15) is 5.76 Å². The number of rotatable bonds is 0. The van der Waals surface area contributed by atoms with E-state index < -0.39 is 0 Å². The molecule has 1 fully saturated rings. The minimum Gasteiger partial charge on any atom is -0.427 e. The average molecular weight is 232 g/mol. The van der Waals surface area contributed by atoms with Gasteiger partial charge in [0.15, 0.2) is 0 Å². The maximum Gasteiger partial charge on any atom is 0.343 e. The molecule has 0 radical (unpaired) electrons. The van der Waals surface area contributed by atoms with Crippen molar-refractivity contribution in [2.24, 2.45) is 17.3 Å². The molecule has 1 aliphatic heterocycles. The molecule has 17 heavy (non-hydrogen) atoms. The first kappa shape index (κ1) is 11.1. The van der Waals surface area contributed by atoms with Gasteiger partial charge in [-0.2, -0.15) is 0 Å². The minimum absolute atomic E-state index is 0.218. The smallest absolute Gasteiger partial charge is 0.343 e. The summed E-state index contributed by atoms with van der Waals surface area (Å²) in [4.78, 5) is 11.6. The monoisotopic (exact) mass is 232 g/mol. The van der Waals surface area contributed by atoms with Crippen LogP contribution in [0.1, 0.15) is 46.0 Å². The molecule has 0 aromatic carbocycles. The SMILES string of the molecule is C=C1C(=O)OC2=C1CC1C(C)CCCC1(C)C2. The van der Waals surface area contributed by atoms with E-state index in [2.05, 4.69) is 20.4 Å². The van der Waals surface area contributed by atoms with Crippen molar-refractivity contribution in [2.45, 2.75) is 46.0 Å². The zero-order valence-corrected chi connectivity index (χ0v) is 10.7. The van der Waals surface area contributed by atoms with E-state index in [-0.39, 0.29) is 5.97 Å². The molecule has 2 aliphatic carbocycles. The van der Waals surface area contributed by atoms with Crippen LogP contribution in [-0.2, 0) is 9.53 Å². The fraction of sp³-hybridized carbons (Fsp3) is 0.667. The van der Waals surface area contributed by atoms with Gasteiger partial charge in [0.2, 0.25) is 0 Å². The normalized spacial score (nSPS) is 41.1. The Kier molecular flexibility index (Phi) is 2.26.